The fourth-order valence-corrected chi connectivity index (χ4v) is 32.4. The molecule has 16 aromatic rings. The van der Waals surface area contributed by atoms with E-state index < -0.39 is 45.1 Å². The van der Waals surface area contributed by atoms with Gasteiger partial charge in [0.1, 0.15) is 23.0 Å². The molecule has 0 aliphatic heterocycles. The second-order valence-electron chi connectivity index (χ2n) is 27.6. The molecule has 540 valence electrons. The molecule has 0 heterocycles. The van der Waals surface area contributed by atoms with E-state index in [9.17, 15) is 0 Å². The van der Waals surface area contributed by atoms with Crippen molar-refractivity contribution in [3.8, 4) is 23.0 Å². The van der Waals surface area contributed by atoms with Gasteiger partial charge in [0.05, 0.1) is 20.1 Å². The molecule has 111 heavy (non-hydrogen) atoms. The minimum Gasteiger partial charge on any atom is -0.529 e. The fourth-order valence-electron chi connectivity index (χ4n) is 15.9. The molecular weight excluding hydrogens is 1510 g/mol. The largest absolute Gasteiger partial charge is 0.529 e. The number of halogens is 4. The molecule has 0 spiro atoms. The van der Waals surface area contributed by atoms with Crippen molar-refractivity contribution in [1.29, 1.82) is 0 Å². The van der Waals surface area contributed by atoms with Gasteiger partial charge in [0.25, 0.3) is 0 Å². The Kier molecular flexibility index (Phi) is 22.3. The molecular formula is C99H76Cl4O4Si4. The van der Waals surface area contributed by atoms with Crippen molar-refractivity contribution in [1.82, 2.24) is 0 Å². The predicted molar refractivity (Wildman–Crippen MR) is 473 cm³/mol. The van der Waals surface area contributed by atoms with Gasteiger partial charge in [0.2, 0.25) is 0 Å². The number of hydrogen-bond acceptors (Lipinski definition) is 4. The third-order valence-electron chi connectivity index (χ3n) is 21.1. The Morgan fingerprint density at radius 3 is 0.414 bits per heavy atom. The normalized spacial score (nSPS) is 11.8. The first kappa shape index (κ1) is 73.9. The van der Waals surface area contributed by atoms with Crippen molar-refractivity contribution in [2.75, 3.05) is 0 Å². The second-order valence-corrected chi connectivity index (χ2v) is 42.4. The van der Waals surface area contributed by atoms with Crippen molar-refractivity contribution in [3.05, 3.63) is 479 Å². The Morgan fingerprint density at radius 2 is 0.297 bits per heavy atom. The van der Waals surface area contributed by atoms with Crippen LogP contribution in [-0.2, 0) is 0 Å². The summed E-state index contributed by atoms with van der Waals surface area (Å²) in [5.41, 5.74) is 3.67. The molecule has 16 rings (SSSR count). The minimum absolute atomic E-state index is 0.431. The van der Waals surface area contributed by atoms with E-state index in [4.69, 9.17) is 64.1 Å². The molecule has 12 heteroatoms. The summed E-state index contributed by atoms with van der Waals surface area (Å²) in [6, 6.07) is 152. The summed E-state index contributed by atoms with van der Waals surface area (Å²) in [5.74, 6) is 1.35. The summed E-state index contributed by atoms with van der Waals surface area (Å²) >= 11 is 31.8. The smallest absolute Gasteiger partial charge is 0.346 e. The van der Waals surface area contributed by atoms with Gasteiger partial charge in [-0.05, 0) is 139 Å². The van der Waals surface area contributed by atoms with E-state index >= 15 is 0 Å². The van der Waals surface area contributed by atoms with Gasteiger partial charge in [-0.2, -0.15) is 0 Å². The number of benzene rings is 16. The summed E-state index contributed by atoms with van der Waals surface area (Å²) in [6.45, 7) is 0. The van der Waals surface area contributed by atoms with Crippen molar-refractivity contribution >= 4 is 142 Å². The average Bonchev–Trinajstić information content (AvgIpc) is 0.764. The molecule has 0 saturated carbocycles. The first-order valence-electron chi connectivity index (χ1n) is 37.2. The van der Waals surface area contributed by atoms with Crippen molar-refractivity contribution in [3.63, 3.8) is 0 Å². The van der Waals surface area contributed by atoms with Gasteiger partial charge in [0, 0.05) is 11.8 Å². The first-order valence-corrected chi connectivity index (χ1v) is 46.4. The van der Waals surface area contributed by atoms with Crippen molar-refractivity contribution < 1.29 is 17.7 Å². The van der Waals surface area contributed by atoms with Crippen molar-refractivity contribution in [2.45, 2.75) is 18.3 Å². The molecule has 0 unspecified atom stereocenters. The summed E-state index contributed by atoms with van der Waals surface area (Å²) in [7, 11) is -13.4. The minimum atomic E-state index is -3.35. The zero-order valence-electron chi connectivity index (χ0n) is 60.6. The molecule has 0 saturated heterocycles. The van der Waals surface area contributed by atoms with Crippen LogP contribution < -0.4 is 79.9 Å². The van der Waals surface area contributed by atoms with Crippen LogP contribution in [0.4, 0.5) is 0 Å². The molecule has 0 atom stereocenters. The molecule has 0 aromatic heterocycles. The van der Waals surface area contributed by atoms with E-state index in [1.54, 1.807) is 0 Å². The lowest BCUT2D eigenvalue weighted by molar-refractivity contribution is 0.572. The molecule has 4 nitrogen and oxygen atoms in total. The van der Waals surface area contributed by atoms with Gasteiger partial charge in [-0.3, -0.25) is 0 Å². The Bertz CT molecular complexity index is 4640. The highest BCUT2D eigenvalue weighted by atomic mass is 35.5. The fraction of sp³-hybridized carbons (Fsp3) is 0.0303. The summed E-state index contributed by atoms with van der Waals surface area (Å²) < 4.78 is 31.0. The lowest BCUT2D eigenvalue weighted by atomic mass is 9.78. The van der Waals surface area contributed by atoms with Crippen LogP contribution in [0.3, 0.4) is 0 Å². The van der Waals surface area contributed by atoms with E-state index in [0.717, 1.165) is 84.5 Å². The van der Waals surface area contributed by atoms with E-state index in [0.29, 0.717) is 49.5 Å². The molecule has 0 bridgehead atoms. The van der Waals surface area contributed by atoms with Crippen LogP contribution >= 0.6 is 46.4 Å². The standard InChI is InChI=1S/C99H76Cl4O4Si4/c100-92-69-74(61-65-96(92)104-108(78-37-13-1-14-38-78,79-39-15-2-16-40-79)80-41-17-3-18-42-80)90(75-62-66-97(93(101)70-75)105-109(81-43-19-4-20-44-81,82-45-21-5-22-46-82)83-47-23-6-24-48-83)73-91(76-63-67-98(94(102)71-76)106-110(84-49-25-7-26-50-84,85-51-27-8-28-52-85)86-53-29-9-30-54-86)77-64-68-99(95(103)72-77)107-111(87-55-31-10-32-56-87,88-57-33-11-34-58-88)89-59-35-12-36-60-89/h1-72,90-91H,73H2. The highest BCUT2D eigenvalue weighted by Crippen LogP contribution is 2.46. The van der Waals surface area contributed by atoms with Gasteiger partial charge in [-0.1, -0.05) is 435 Å². The van der Waals surface area contributed by atoms with Crippen LogP contribution in [-0.4, -0.2) is 33.3 Å². The van der Waals surface area contributed by atoms with Crippen LogP contribution in [0, 0.1) is 0 Å². The zero-order chi connectivity index (χ0) is 75.5. The highest BCUT2D eigenvalue weighted by Gasteiger charge is 2.49. The van der Waals surface area contributed by atoms with Crippen LogP contribution in [0.1, 0.15) is 40.5 Å². The molecule has 0 aliphatic rings. The van der Waals surface area contributed by atoms with E-state index in [1.165, 1.54) is 0 Å². The maximum atomic E-state index is 7.95. The zero-order valence-corrected chi connectivity index (χ0v) is 67.6. The van der Waals surface area contributed by atoms with Crippen LogP contribution in [0.2, 0.25) is 20.1 Å². The lowest BCUT2D eigenvalue weighted by Crippen LogP contribution is -2.71. The summed E-state index contributed by atoms with van der Waals surface area (Å²) in [6.07, 6.45) is 0.446. The highest BCUT2D eigenvalue weighted by molar-refractivity contribution is 7.09. The third-order valence-corrected chi connectivity index (χ3v) is 38.2. The maximum absolute atomic E-state index is 7.95. The molecule has 0 amide bonds. The van der Waals surface area contributed by atoms with Crippen LogP contribution in [0.25, 0.3) is 0 Å². The van der Waals surface area contributed by atoms with Gasteiger partial charge >= 0.3 is 33.3 Å². The number of hydrogen-bond donors (Lipinski definition) is 0. The summed E-state index contributed by atoms with van der Waals surface area (Å²) in [5, 5.41) is 14.7. The van der Waals surface area contributed by atoms with Crippen LogP contribution in [0.15, 0.2) is 437 Å². The Balaban J connectivity index is 0.880. The SMILES string of the molecule is Clc1cc(C(CC(c2ccc(O[Si](c3ccccc3)(c3ccccc3)c3ccccc3)c(Cl)c2)c2ccc(O[Si](c3ccccc3)(c3ccccc3)c3ccccc3)c(Cl)c2)c2ccc(O[Si](c3ccccc3)(c3ccccc3)c3ccccc3)c(Cl)c2)ccc1O[Si](c1ccccc1)(c1ccccc1)c1ccccc1. The quantitative estimate of drug-likeness (QED) is 0.0400. The van der Waals surface area contributed by atoms with E-state index in [1.807, 2.05) is 97.1 Å². The van der Waals surface area contributed by atoms with Gasteiger partial charge in [-0.15, -0.1) is 0 Å². The Morgan fingerprint density at radius 1 is 0.171 bits per heavy atom. The van der Waals surface area contributed by atoms with Gasteiger partial charge < -0.3 is 17.7 Å². The van der Waals surface area contributed by atoms with Gasteiger partial charge in [0.15, 0.2) is 0 Å². The van der Waals surface area contributed by atoms with E-state index in [-0.39, 0.29) is 0 Å². The van der Waals surface area contributed by atoms with E-state index in [2.05, 4.69) is 340 Å². The Hall–Kier alpha value is -11.3. The molecule has 0 radical (unpaired) electrons. The molecule has 0 N–H and O–H groups in total. The number of rotatable bonds is 26. The predicted octanol–water partition coefficient (Wildman–Crippen LogP) is 17.8. The van der Waals surface area contributed by atoms with Crippen LogP contribution in [0.5, 0.6) is 23.0 Å². The summed E-state index contributed by atoms with van der Waals surface area (Å²) in [4.78, 5) is 0. The monoisotopic (exact) mass is 1580 g/mol. The Labute approximate surface area is 674 Å². The third kappa shape index (κ3) is 14.9. The molecule has 0 aliphatic carbocycles. The molecule has 0 fully saturated rings. The average molecular weight is 1580 g/mol. The first-order chi connectivity index (χ1) is 54.6. The topological polar surface area (TPSA) is 36.9 Å². The van der Waals surface area contributed by atoms with Crippen molar-refractivity contribution in [2.24, 2.45) is 0 Å². The van der Waals surface area contributed by atoms with Gasteiger partial charge in [-0.25, -0.2) is 0 Å². The molecule has 16 aromatic carbocycles. The maximum Gasteiger partial charge on any atom is 0.346 e. The second kappa shape index (κ2) is 33.5. The lowest BCUT2D eigenvalue weighted by Gasteiger charge is -2.35.